The van der Waals surface area contributed by atoms with Crippen LogP contribution in [0.2, 0.25) is 0 Å². The van der Waals surface area contributed by atoms with E-state index in [4.69, 9.17) is 14.7 Å². The Balaban J connectivity index is 0.854. The molecule has 1 aliphatic carbocycles. The van der Waals surface area contributed by atoms with Gasteiger partial charge in [0.2, 0.25) is 0 Å². The van der Waals surface area contributed by atoms with Crippen molar-refractivity contribution in [2.24, 2.45) is 0 Å². The zero-order valence-corrected chi connectivity index (χ0v) is 39.0. The minimum absolute atomic E-state index is 0.632. The van der Waals surface area contributed by atoms with Crippen LogP contribution in [0.5, 0.6) is 11.5 Å². The van der Waals surface area contributed by atoms with E-state index in [-0.39, 0.29) is 0 Å². The molecular formula is C66H38N6O. The van der Waals surface area contributed by atoms with Crippen molar-refractivity contribution in [1.82, 2.24) is 23.7 Å². The number of nitrogens with zero attached hydrogens (tertiary/aromatic N) is 6. The van der Waals surface area contributed by atoms with E-state index < -0.39 is 5.41 Å². The summed E-state index contributed by atoms with van der Waals surface area (Å²) >= 11 is 0. The van der Waals surface area contributed by atoms with Crippen LogP contribution in [0.25, 0.3) is 105 Å². The van der Waals surface area contributed by atoms with E-state index in [1.54, 1.807) is 0 Å². The van der Waals surface area contributed by atoms with Crippen molar-refractivity contribution >= 4 is 65.4 Å². The van der Waals surface area contributed by atoms with E-state index in [2.05, 4.69) is 208 Å². The Morgan fingerprint density at radius 1 is 0.370 bits per heavy atom. The highest BCUT2D eigenvalue weighted by Crippen LogP contribution is 2.62. The quantitative estimate of drug-likeness (QED) is 0.176. The number of ether oxygens (including phenoxy) is 1. The van der Waals surface area contributed by atoms with Gasteiger partial charge in [0.1, 0.15) is 11.5 Å². The van der Waals surface area contributed by atoms with Crippen molar-refractivity contribution in [3.05, 3.63) is 259 Å². The van der Waals surface area contributed by atoms with Gasteiger partial charge in [-0.3, -0.25) is 9.97 Å². The van der Waals surface area contributed by atoms with Crippen LogP contribution >= 0.6 is 0 Å². The molecule has 1 atom stereocenters. The Labute approximate surface area is 418 Å². The molecule has 7 nitrogen and oxygen atoms in total. The molecule has 0 bridgehead atoms. The fourth-order valence-corrected chi connectivity index (χ4v) is 12.6. The molecule has 9 aromatic carbocycles. The number of aromatic nitrogens is 5. The van der Waals surface area contributed by atoms with Gasteiger partial charge in [0, 0.05) is 90.1 Å². The van der Waals surface area contributed by atoms with Crippen LogP contribution < -0.4 is 4.74 Å². The molecule has 0 amide bonds. The fourth-order valence-electron chi connectivity index (χ4n) is 12.6. The molecule has 73 heavy (non-hydrogen) atoms. The second kappa shape index (κ2) is 14.8. The van der Waals surface area contributed by atoms with Crippen LogP contribution in [0.1, 0.15) is 27.8 Å². The Kier molecular flexibility index (Phi) is 8.04. The monoisotopic (exact) mass is 930 g/mol. The summed E-state index contributed by atoms with van der Waals surface area (Å²) in [6.07, 6.45) is 3.88. The molecule has 0 fully saturated rings. The maximum atomic E-state index is 9.84. The van der Waals surface area contributed by atoms with Crippen LogP contribution in [0.4, 0.5) is 0 Å². The highest BCUT2D eigenvalue weighted by Gasteiger charge is 2.52. The number of hydrogen-bond acceptors (Lipinski definition) is 4. The standard InChI is InChI=1S/C66H38N6O/c67-38-40-23-31-60-50(34-40)48-14-3-9-21-59(48)72(60)45-29-30-53-63(37-45)73-62-22-10-5-16-52(62)66(53)54-17-11-33-68-64(54)65-55(66)36-42(39-69-65)41-24-32-61-51(35-41)49-15-4-8-20-58(49)71(61)44-27-25-43(26-28-44)70-56-18-6-1-12-46(56)47-13-2-7-19-57(47)70/h1-37,39H. The normalized spacial score (nSPS) is 14.5. The number of hydrogen-bond donors (Lipinski definition) is 0. The van der Waals surface area contributed by atoms with Crippen LogP contribution in [-0.4, -0.2) is 23.7 Å². The second-order valence-electron chi connectivity index (χ2n) is 19.2. The first-order valence-corrected chi connectivity index (χ1v) is 24.6. The van der Waals surface area contributed by atoms with Gasteiger partial charge in [-0.25, -0.2) is 0 Å². The van der Waals surface area contributed by atoms with Gasteiger partial charge in [0.15, 0.2) is 0 Å². The summed E-state index contributed by atoms with van der Waals surface area (Å²) in [5.41, 5.74) is 17.8. The van der Waals surface area contributed by atoms with Gasteiger partial charge in [-0.05, 0) is 114 Å². The molecule has 5 aromatic heterocycles. The van der Waals surface area contributed by atoms with Gasteiger partial charge in [0.25, 0.3) is 0 Å². The minimum atomic E-state index is -0.779. The molecule has 14 aromatic rings. The summed E-state index contributed by atoms with van der Waals surface area (Å²) in [7, 11) is 0. The van der Waals surface area contributed by atoms with Crippen LogP contribution in [0, 0.1) is 11.3 Å². The largest absolute Gasteiger partial charge is 0.457 e. The van der Waals surface area contributed by atoms with Crippen LogP contribution in [0.3, 0.4) is 0 Å². The molecule has 1 unspecified atom stereocenters. The number of rotatable bonds is 4. The van der Waals surface area contributed by atoms with Gasteiger partial charge in [-0.1, -0.05) is 109 Å². The summed E-state index contributed by atoms with van der Waals surface area (Å²) in [6, 6.07) is 80.1. The number of fused-ring (bicyclic) bond motifs is 18. The smallest absolute Gasteiger partial charge is 0.134 e. The summed E-state index contributed by atoms with van der Waals surface area (Å²) in [6.45, 7) is 0. The molecule has 1 aliphatic heterocycles. The summed E-state index contributed by atoms with van der Waals surface area (Å²) in [4.78, 5) is 10.4. The zero-order valence-electron chi connectivity index (χ0n) is 39.0. The second-order valence-corrected chi connectivity index (χ2v) is 19.2. The Bertz CT molecular complexity index is 4690. The van der Waals surface area contributed by atoms with Crippen molar-refractivity contribution in [3.8, 4) is 57.1 Å². The first-order valence-electron chi connectivity index (χ1n) is 24.6. The average Bonchev–Trinajstić information content (AvgIpc) is 4.17. The molecule has 7 heteroatoms. The maximum absolute atomic E-state index is 9.84. The summed E-state index contributed by atoms with van der Waals surface area (Å²) in [5.74, 6) is 1.56. The third kappa shape index (κ3) is 5.36. The first kappa shape index (κ1) is 39.8. The lowest BCUT2D eigenvalue weighted by Crippen LogP contribution is -2.32. The molecule has 2 aliphatic rings. The van der Waals surface area contributed by atoms with E-state index in [1.165, 1.54) is 32.6 Å². The lowest BCUT2D eigenvalue weighted by Gasteiger charge is -2.39. The lowest BCUT2D eigenvalue weighted by molar-refractivity contribution is 0.436. The van der Waals surface area contributed by atoms with Crippen LogP contribution in [0.15, 0.2) is 231 Å². The molecular weight excluding hydrogens is 893 g/mol. The summed E-state index contributed by atoms with van der Waals surface area (Å²) in [5, 5.41) is 16.8. The van der Waals surface area contributed by atoms with Gasteiger partial charge in [-0.15, -0.1) is 0 Å². The number of pyridine rings is 2. The van der Waals surface area contributed by atoms with Gasteiger partial charge >= 0.3 is 0 Å². The van der Waals surface area contributed by atoms with Crippen molar-refractivity contribution < 1.29 is 4.74 Å². The van der Waals surface area contributed by atoms with Gasteiger partial charge in [0.05, 0.1) is 61.5 Å². The first-order chi connectivity index (χ1) is 36.2. The fraction of sp³-hybridized carbons (Fsp3) is 0.0152. The number of benzene rings is 9. The highest BCUT2D eigenvalue weighted by molar-refractivity contribution is 6.12. The van der Waals surface area contributed by atoms with E-state index in [1.807, 2.05) is 42.7 Å². The Hall–Kier alpha value is -10.0. The molecule has 338 valence electrons. The summed E-state index contributed by atoms with van der Waals surface area (Å²) < 4.78 is 14.0. The van der Waals surface area contributed by atoms with E-state index in [0.717, 1.165) is 106 Å². The third-order valence-corrected chi connectivity index (χ3v) is 15.6. The molecule has 0 saturated carbocycles. The Morgan fingerprint density at radius 2 is 0.877 bits per heavy atom. The maximum Gasteiger partial charge on any atom is 0.134 e. The average molecular weight is 931 g/mol. The van der Waals surface area contributed by atoms with E-state index in [9.17, 15) is 5.26 Å². The predicted octanol–water partition coefficient (Wildman–Crippen LogP) is 15.8. The third-order valence-electron chi connectivity index (χ3n) is 15.6. The topological polar surface area (TPSA) is 73.6 Å². The molecule has 0 saturated heterocycles. The number of nitriles is 1. The molecule has 16 rings (SSSR count). The van der Waals surface area contributed by atoms with Crippen molar-refractivity contribution in [2.45, 2.75) is 5.41 Å². The molecule has 0 N–H and O–H groups in total. The highest BCUT2D eigenvalue weighted by atomic mass is 16.5. The Morgan fingerprint density at radius 3 is 1.53 bits per heavy atom. The minimum Gasteiger partial charge on any atom is -0.457 e. The lowest BCUT2D eigenvalue weighted by atomic mass is 9.66. The van der Waals surface area contributed by atoms with E-state index in [0.29, 0.717) is 5.56 Å². The zero-order chi connectivity index (χ0) is 47.9. The van der Waals surface area contributed by atoms with Gasteiger partial charge < -0.3 is 18.4 Å². The van der Waals surface area contributed by atoms with Crippen molar-refractivity contribution in [3.63, 3.8) is 0 Å². The van der Waals surface area contributed by atoms with Crippen molar-refractivity contribution in [1.29, 1.82) is 5.26 Å². The molecule has 6 heterocycles. The van der Waals surface area contributed by atoms with Crippen LogP contribution in [-0.2, 0) is 5.41 Å². The SMILES string of the molecule is N#Cc1ccc2c(c1)c1ccccc1n2-c1ccc2c(c1)Oc1ccccc1C21c2cccnc2-c2ncc(-c3ccc4c(c3)c3ccccc3n4-c3ccc(-n4c5ccccc5c5ccccc54)cc3)cc21. The number of para-hydroxylation sites is 5. The molecule has 1 spiro atoms. The predicted molar refractivity (Wildman–Crippen MR) is 293 cm³/mol. The van der Waals surface area contributed by atoms with Gasteiger partial charge in [-0.2, -0.15) is 5.26 Å². The van der Waals surface area contributed by atoms with Crippen molar-refractivity contribution in [2.75, 3.05) is 0 Å². The van der Waals surface area contributed by atoms with E-state index >= 15 is 0 Å². The molecule has 0 radical (unpaired) electrons.